The van der Waals surface area contributed by atoms with Gasteiger partial charge in [-0.1, -0.05) is 0 Å². The molecule has 1 saturated carbocycles. The number of esters is 1. The van der Waals surface area contributed by atoms with E-state index < -0.39 is 0 Å². The lowest BCUT2D eigenvalue weighted by molar-refractivity contribution is -0.137. The minimum Gasteiger partial charge on any atom is -0.462 e. The summed E-state index contributed by atoms with van der Waals surface area (Å²) in [6, 6.07) is 0. The first-order valence-electron chi connectivity index (χ1n) is 4.30. The van der Waals surface area contributed by atoms with Crippen LogP contribution in [0.4, 0.5) is 0 Å². The van der Waals surface area contributed by atoms with Crippen molar-refractivity contribution < 1.29 is 9.53 Å². The smallest absolute Gasteiger partial charge is 0.345 e. The van der Waals surface area contributed by atoms with Gasteiger partial charge in [-0.2, -0.15) is 0 Å². The number of halogens is 1. The van der Waals surface area contributed by atoms with E-state index in [0.717, 1.165) is 12.8 Å². The van der Waals surface area contributed by atoms with Crippen LogP contribution in [0.1, 0.15) is 32.6 Å². The van der Waals surface area contributed by atoms with E-state index in [9.17, 15) is 4.79 Å². The second-order valence-electron chi connectivity index (χ2n) is 2.85. The number of carbonyl (C=O) groups excluding carboxylic acids is 1. The zero-order valence-corrected chi connectivity index (χ0v) is 8.82. The summed E-state index contributed by atoms with van der Waals surface area (Å²) in [6.07, 6.45) is 4.48. The maximum Gasteiger partial charge on any atom is 0.345 e. The third-order valence-corrected chi connectivity index (χ3v) is 2.86. The second kappa shape index (κ2) is 4.65. The Morgan fingerprint density at radius 1 is 1.50 bits per heavy atom. The minimum absolute atomic E-state index is 0.214. The predicted molar refractivity (Wildman–Crippen MR) is 51.1 cm³/mol. The monoisotopic (exact) mass is 232 g/mol. The van der Waals surface area contributed by atoms with E-state index in [2.05, 4.69) is 15.9 Å². The maximum atomic E-state index is 11.2. The van der Waals surface area contributed by atoms with Gasteiger partial charge in [0.1, 0.15) is 4.48 Å². The lowest BCUT2D eigenvalue weighted by Crippen LogP contribution is -2.04. The molecule has 0 amide bonds. The summed E-state index contributed by atoms with van der Waals surface area (Å²) >= 11 is 3.28. The van der Waals surface area contributed by atoms with Gasteiger partial charge in [0.2, 0.25) is 0 Å². The molecular formula is C9H13BrO2. The summed E-state index contributed by atoms with van der Waals surface area (Å²) in [7, 11) is 0. The van der Waals surface area contributed by atoms with Crippen molar-refractivity contribution in [1.29, 1.82) is 0 Å². The Kier molecular flexibility index (Phi) is 3.79. The van der Waals surface area contributed by atoms with E-state index in [1.165, 1.54) is 18.4 Å². The molecule has 1 rings (SSSR count). The zero-order valence-electron chi connectivity index (χ0n) is 7.23. The Balaban J connectivity index is 2.60. The lowest BCUT2D eigenvalue weighted by atomic mass is 10.2. The van der Waals surface area contributed by atoms with Gasteiger partial charge >= 0.3 is 5.97 Å². The number of hydrogen-bond acceptors (Lipinski definition) is 2. The van der Waals surface area contributed by atoms with Crippen molar-refractivity contribution in [1.82, 2.24) is 0 Å². The van der Waals surface area contributed by atoms with Gasteiger partial charge in [0.25, 0.3) is 0 Å². The van der Waals surface area contributed by atoms with Crippen molar-refractivity contribution in [2.45, 2.75) is 32.6 Å². The van der Waals surface area contributed by atoms with Crippen LogP contribution in [0.5, 0.6) is 0 Å². The summed E-state index contributed by atoms with van der Waals surface area (Å²) in [5.41, 5.74) is 1.22. The molecule has 0 aliphatic heterocycles. The van der Waals surface area contributed by atoms with Gasteiger partial charge in [-0.25, -0.2) is 4.79 Å². The molecule has 0 spiro atoms. The second-order valence-corrected chi connectivity index (χ2v) is 3.64. The van der Waals surface area contributed by atoms with Crippen LogP contribution >= 0.6 is 15.9 Å². The number of ether oxygens (including phenoxy) is 1. The van der Waals surface area contributed by atoms with Gasteiger partial charge in [-0.05, 0) is 54.1 Å². The number of hydrogen-bond donors (Lipinski definition) is 0. The predicted octanol–water partition coefficient (Wildman–Crippen LogP) is 2.77. The first kappa shape index (κ1) is 9.78. The number of rotatable bonds is 2. The molecule has 2 nitrogen and oxygen atoms in total. The van der Waals surface area contributed by atoms with E-state index in [-0.39, 0.29) is 5.97 Å². The van der Waals surface area contributed by atoms with Crippen LogP contribution in [-0.2, 0) is 9.53 Å². The van der Waals surface area contributed by atoms with Crippen molar-refractivity contribution in [3.8, 4) is 0 Å². The molecule has 0 aromatic rings. The van der Waals surface area contributed by atoms with Crippen LogP contribution < -0.4 is 0 Å². The Labute approximate surface area is 81.1 Å². The molecule has 1 aliphatic carbocycles. The highest BCUT2D eigenvalue weighted by Crippen LogP contribution is 2.29. The zero-order chi connectivity index (χ0) is 8.97. The maximum absolute atomic E-state index is 11.2. The molecule has 0 N–H and O–H groups in total. The fourth-order valence-electron chi connectivity index (χ4n) is 1.36. The fourth-order valence-corrected chi connectivity index (χ4v) is 1.87. The largest absolute Gasteiger partial charge is 0.462 e. The summed E-state index contributed by atoms with van der Waals surface area (Å²) in [6.45, 7) is 2.26. The van der Waals surface area contributed by atoms with Crippen molar-refractivity contribution in [2.24, 2.45) is 0 Å². The average Bonchev–Trinajstić information content (AvgIpc) is 2.55. The van der Waals surface area contributed by atoms with E-state index in [4.69, 9.17) is 4.74 Å². The Morgan fingerprint density at radius 2 is 2.08 bits per heavy atom. The molecule has 0 heterocycles. The molecule has 0 aromatic heterocycles. The lowest BCUT2D eigenvalue weighted by Gasteiger charge is -2.02. The molecule has 0 unspecified atom stereocenters. The van der Waals surface area contributed by atoms with Gasteiger partial charge in [0, 0.05) is 0 Å². The quantitative estimate of drug-likeness (QED) is 0.541. The SMILES string of the molecule is CCOC(=O)C(Br)=C1CCCC1. The average molecular weight is 233 g/mol. The topological polar surface area (TPSA) is 26.3 Å². The molecule has 0 bridgehead atoms. The van der Waals surface area contributed by atoms with Crippen molar-refractivity contribution in [2.75, 3.05) is 6.61 Å². The third kappa shape index (κ3) is 2.34. The van der Waals surface area contributed by atoms with E-state index in [1.807, 2.05) is 6.92 Å². The van der Waals surface area contributed by atoms with Gasteiger partial charge in [-0.3, -0.25) is 0 Å². The van der Waals surface area contributed by atoms with Crippen LogP contribution in [0.15, 0.2) is 10.1 Å². The molecule has 1 fully saturated rings. The first-order chi connectivity index (χ1) is 5.75. The molecule has 0 saturated heterocycles. The van der Waals surface area contributed by atoms with Crippen LogP contribution in [0.2, 0.25) is 0 Å². The highest BCUT2D eigenvalue weighted by atomic mass is 79.9. The summed E-state index contributed by atoms with van der Waals surface area (Å²) in [5, 5.41) is 0. The highest BCUT2D eigenvalue weighted by molar-refractivity contribution is 9.12. The summed E-state index contributed by atoms with van der Waals surface area (Å²) in [4.78, 5) is 11.2. The molecular weight excluding hydrogens is 220 g/mol. The van der Waals surface area contributed by atoms with E-state index >= 15 is 0 Å². The van der Waals surface area contributed by atoms with E-state index in [1.54, 1.807) is 0 Å². The Morgan fingerprint density at radius 3 is 2.58 bits per heavy atom. The number of carbonyl (C=O) groups is 1. The highest BCUT2D eigenvalue weighted by Gasteiger charge is 2.16. The van der Waals surface area contributed by atoms with Crippen molar-refractivity contribution >= 4 is 21.9 Å². The van der Waals surface area contributed by atoms with Gasteiger partial charge in [0.05, 0.1) is 6.61 Å². The van der Waals surface area contributed by atoms with Gasteiger partial charge in [-0.15, -0.1) is 0 Å². The normalized spacial score (nSPS) is 16.3. The molecule has 1 aliphatic rings. The van der Waals surface area contributed by atoms with Crippen LogP contribution in [0, 0.1) is 0 Å². The first-order valence-corrected chi connectivity index (χ1v) is 5.09. The Bertz CT molecular complexity index is 201. The van der Waals surface area contributed by atoms with Crippen molar-refractivity contribution in [3.63, 3.8) is 0 Å². The molecule has 0 atom stereocenters. The van der Waals surface area contributed by atoms with Gasteiger partial charge < -0.3 is 4.74 Å². The number of allylic oxidation sites excluding steroid dienone is 1. The van der Waals surface area contributed by atoms with Crippen LogP contribution in [-0.4, -0.2) is 12.6 Å². The summed E-state index contributed by atoms with van der Waals surface area (Å²) in [5.74, 6) is -0.214. The molecule has 68 valence electrons. The van der Waals surface area contributed by atoms with Crippen molar-refractivity contribution in [3.05, 3.63) is 10.1 Å². The van der Waals surface area contributed by atoms with Crippen LogP contribution in [0.3, 0.4) is 0 Å². The Hall–Kier alpha value is -0.310. The van der Waals surface area contributed by atoms with E-state index in [0.29, 0.717) is 11.1 Å². The summed E-state index contributed by atoms with van der Waals surface area (Å²) < 4.78 is 5.53. The molecule has 12 heavy (non-hydrogen) atoms. The third-order valence-electron chi connectivity index (χ3n) is 1.97. The molecule has 3 heteroatoms. The van der Waals surface area contributed by atoms with Gasteiger partial charge in [0.15, 0.2) is 0 Å². The molecule has 0 radical (unpaired) electrons. The molecule has 0 aromatic carbocycles. The van der Waals surface area contributed by atoms with Crippen LogP contribution in [0.25, 0.3) is 0 Å². The fraction of sp³-hybridized carbons (Fsp3) is 0.667. The minimum atomic E-state index is -0.214. The standard InChI is InChI=1S/C9H13BrO2/c1-2-12-9(11)8(10)7-5-3-4-6-7/h2-6H2,1H3.